The van der Waals surface area contributed by atoms with Crippen LogP contribution < -0.4 is 0 Å². The van der Waals surface area contributed by atoms with Crippen molar-refractivity contribution in [3.63, 3.8) is 0 Å². The van der Waals surface area contributed by atoms with Crippen molar-refractivity contribution < 1.29 is 28.8 Å². The standard InChI is InChI=1S/C28H38O6/c1-5-11-22-25(33-27(31-22)14-6-7-15-27)21(4)26-24(32-28(34-26)16-8-9-17-28)20(3)13-10-12-19(2)18-23(29)30/h5,10,12,18,22,24-26H,1,3-4,6-9,11,13-17H2,2H3,(H,29,30)/b12-10+,19-18+/t22-,24-,25-,26-/m1/s1. The molecule has 2 spiro atoms. The molecule has 4 aliphatic rings. The van der Waals surface area contributed by atoms with Gasteiger partial charge in [0.25, 0.3) is 0 Å². The van der Waals surface area contributed by atoms with E-state index in [-0.39, 0.29) is 24.4 Å². The molecule has 34 heavy (non-hydrogen) atoms. The number of hydrogen-bond acceptors (Lipinski definition) is 5. The predicted octanol–water partition coefficient (Wildman–Crippen LogP) is 5.76. The molecule has 4 rings (SSSR count). The molecule has 4 atom stereocenters. The van der Waals surface area contributed by atoms with Crippen molar-refractivity contribution in [2.45, 2.75) is 107 Å². The van der Waals surface area contributed by atoms with Crippen LogP contribution in [-0.4, -0.2) is 47.1 Å². The molecule has 4 fully saturated rings. The van der Waals surface area contributed by atoms with Crippen LogP contribution in [0.5, 0.6) is 0 Å². The SMILES string of the molecule is C=CC[C@H]1OC2(CCCC2)O[C@@H]1C(=C)[C@H]1OC2(CCCC2)O[C@@H]1C(=C)C/C=C/C(C)=C/C(=O)O. The quantitative estimate of drug-likeness (QED) is 0.262. The highest BCUT2D eigenvalue weighted by Crippen LogP contribution is 2.49. The third kappa shape index (κ3) is 5.30. The van der Waals surface area contributed by atoms with E-state index < -0.39 is 17.5 Å². The van der Waals surface area contributed by atoms with Gasteiger partial charge in [-0.25, -0.2) is 4.79 Å². The summed E-state index contributed by atoms with van der Waals surface area (Å²) < 4.78 is 26.2. The third-order valence-electron chi connectivity index (χ3n) is 7.38. The van der Waals surface area contributed by atoms with Crippen molar-refractivity contribution in [2.24, 2.45) is 0 Å². The maximum Gasteiger partial charge on any atom is 0.328 e. The zero-order valence-electron chi connectivity index (χ0n) is 20.3. The van der Waals surface area contributed by atoms with Gasteiger partial charge in [-0.3, -0.25) is 0 Å². The summed E-state index contributed by atoms with van der Waals surface area (Å²) in [5.74, 6) is -2.07. The number of aliphatic carboxylic acids is 1. The van der Waals surface area contributed by atoms with E-state index in [0.717, 1.165) is 62.5 Å². The van der Waals surface area contributed by atoms with Crippen LogP contribution in [0.1, 0.15) is 71.1 Å². The molecule has 1 N–H and O–H groups in total. The Morgan fingerprint density at radius 2 is 1.50 bits per heavy atom. The van der Waals surface area contributed by atoms with Crippen molar-refractivity contribution >= 4 is 5.97 Å². The van der Waals surface area contributed by atoms with E-state index >= 15 is 0 Å². The van der Waals surface area contributed by atoms with Crippen LogP contribution in [0.15, 0.2) is 60.8 Å². The van der Waals surface area contributed by atoms with Crippen molar-refractivity contribution in [1.29, 1.82) is 0 Å². The Labute approximate surface area is 203 Å². The first-order chi connectivity index (χ1) is 16.3. The fourth-order valence-electron chi connectivity index (χ4n) is 5.72. The second kappa shape index (κ2) is 10.3. The summed E-state index contributed by atoms with van der Waals surface area (Å²) in [5.41, 5.74) is 2.39. The maximum atomic E-state index is 10.9. The van der Waals surface area contributed by atoms with Crippen LogP contribution in [0.3, 0.4) is 0 Å². The van der Waals surface area contributed by atoms with Gasteiger partial charge in [0.1, 0.15) is 18.3 Å². The van der Waals surface area contributed by atoms with Crippen molar-refractivity contribution in [3.05, 3.63) is 60.8 Å². The van der Waals surface area contributed by atoms with Gasteiger partial charge in [0.15, 0.2) is 11.6 Å². The van der Waals surface area contributed by atoms with Crippen LogP contribution in [0.25, 0.3) is 0 Å². The van der Waals surface area contributed by atoms with Crippen molar-refractivity contribution in [1.82, 2.24) is 0 Å². The smallest absolute Gasteiger partial charge is 0.328 e. The van der Waals surface area contributed by atoms with Crippen LogP contribution >= 0.6 is 0 Å². The Kier molecular flexibility index (Phi) is 7.63. The second-order valence-electron chi connectivity index (χ2n) is 10.1. The number of carbonyl (C=O) groups is 1. The average molecular weight is 471 g/mol. The van der Waals surface area contributed by atoms with Gasteiger partial charge in [0.05, 0.1) is 6.10 Å². The summed E-state index contributed by atoms with van der Waals surface area (Å²) >= 11 is 0. The number of rotatable bonds is 9. The zero-order chi connectivity index (χ0) is 24.3. The molecular formula is C28H38O6. The van der Waals surface area contributed by atoms with Crippen molar-refractivity contribution in [3.8, 4) is 0 Å². The minimum absolute atomic E-state index is 0.135. The van der Waals surface area contributed by atoms with Gasteiger partial charge in [0, 0.05) is 31.8 Å². The predicted molar refractivity (Wildman–Crippen MR) is 130 cm³/mol. The summed E-state index contributed by atoms with van der Waals surface area (Å²) in [6.45, 7) is 14.4. The van der Waals surface area contributed by atoms with Gasteiger partial charge >= 0.3 is 5.97 Å². The van der Waals surface area contributed by atoms with Gasteiger partial charge in [-0.05, 0) is 62.2 Å². The lowest BCUT2D eigenvalue weighted by molar-refractivity contribution is -0.171. The highest BCUT2D eigenvalue weighted by Gasteiger charge is 2.55. The van der Waals surface area contributed by atoms with E-state index in [4.69, 9.17) is 24.1 Å². The molecule has 2 heterocycles. The Morgan fingerprint density at radius 1 is 0.941 bits per heavy atom. The Bertz CT molecular complexity index is 871. The Morgan fingerprint density at radius 3 is 2.09 bits per heavy atom. The molecule has 0 radical (unpaired) electrons. The highest BCUT2D eigenvalue weighted by atomic mass is 16.8. The number of ether oxygens (including phenoxy) is 4. The summed E-state index contributed by atoms with van der Waals surface area (Å²) in [5, 5.41) is 8.92. The molecule has 2 saturated heterocycles. The molecular weight excluding hydrogens is 432 g/mol. The summed E-state index contributed by atoms with van der Waals surface area (Å²) in [4.78, 5) is 10.9. The minimum atomic E-state index is -0.957. The van der Waals surface area contributed by atoms with E-state index in [0.29, 0.717) is 18.4 Å². The first-order valence-electron chi connectivity index (χ1n) is 12.5. The van der Waals surface area contributed by atoms with Crippen LogP contribution in [0.2, 0.25) is 0 Å². The molecule has 0 aromatic rings. The van der Waals surface area contributed by atoms with Gasteiger partial charge in [-0.15, -0.1) is 6.58 Å². The van der Waals surface area contributed by atoms with E-state index in [9.17, 15) is 4.79 Å². The summed E-state index contributed by atoms with van der Waals surface area (Å²) in [7, 11) is 0. The topological polar surface area (TPSA) is 74.2 Å². The summed E-state index contributed by atoms with van der Waals surface area (Å²) in [6.07, 6.45) is 14.8. The first-order valence-corrected chi connectivity index (χ1v) is 12.5. The minimum Gasteiger partial charge on any atom is -0.478 e. The number of carboxylic acids is 1. The first kappa shape index (κ1) is 25.1. The third-order valence-corrected chi connectivity index (χ3v) is 7.38. The molecule has 6 heteroatoms. The molecule has 6 nitrogen and oxygen atoms in total. The van der Waals surface area contributed by atoms with E-state index in [1.807, 2.05) is 12.2 Å². The van der Waals surface area contributed by atoms with Gasteiger partial charge in [-0.1, -0.05) is 31.4 Å². The van der Waals surface area contributed by atoms with Gasteiger partial charge in [0.2, 0.25) is 0 Å². The molecule has 0 bridgehead atoms. The van der Waals surface area contributed by atoms with Crippen LogP contribution in [-0.2, 0) is 23.7 Å². The zero-order valence-corrected chi connectivity index (χ0v) is 20.3. The lowest BCUT2D eigenvalue weighted by Crippen LogP contribution is -2.36. The monoisotopic (exact) mass is 470 g/mol. The van der Waals surface area contributed by atoms with Gasteiger partial charge < -0.3 is 24.1 Å². The Balaban J connectivity index is 1.52. The normalized spacial score (nSPS) is 32.2. The fourth-order valence-corrected chi connectivity index (χ4v) is 5.72. The average Bonchev–Trinajstić information content (AvgIpc) is 3.57. The highest BCUT2D eigenvalue weighted by molar-refractivity contribution is 5.81. The number of allylic oxidation sites excluding steroid dienone is 3. The molecule has 2 aliphatic carbocycles. The second-order valence-corrected chi connectivity index (χ2v) is 10.1. The van der Waals surface area contributed by atoms with Crippen molar-refractivity contribution in [2.75, 3.05) is 0 Å². The largest absolute Gasteiger partial charge is 0.478 e. The lowest BCUT2D eigenvalue weighted by atomic mass is 9.92. The lowest BCUT2D eigenvalue weighted by Gasteiger charge is -2.27. The molecule has 2 aliphatic heterocycles. The molecule has 0 aromatic heterocycles. The van der Waals surface area contributed by atoms with Crippen LogP contribution in [0, 0.1) is 0 Å². The summed E-state index contributed by atoms with van der Waals surface area (Å²) in [6, 6.07) is 0. The van der Waals surface area contributed by atoms with E-state index in [2.05, 4.69) is 19.7 Å². The Hall–Kier alpha value is -1.99. The molecule has 186 valence electrons. The molecule has 0 unspecified atom stereocenters. The van der Waals surface area contributed by atoms with Crippen LogP contribution in [0.4, 0.5) is 0 Å². The van der Waals surface area contributed by atoms with E-state index in [1.165, 1.54) is 6.08 Å². The maximum absolute atomic E-state index is 10.9. The molecule has 2 saturated carbocycles. The molecule has 0 aromatic carbocycles. The van der Waals surface area contributed by atoms with E-state index in [1.54, 1.807) is 13.0 Å². The number of hydrogen-bond donors (Lipinski definition) is 1. The fraction of sp³-hybridized carbons (Fsp3) is 0.607. The van der Waals surface area contributed by atoms with Gasteiger partial charge in [-0.2, -0.15) is 0 Å². The number of carboxylic acid groups (broad SMARTS) is 1. The molecule has 0 amide bonds.